The molecule has 1 fully saturated rings. The SMILES string of the molecule is CCN(CC(=O)Nc1cc(Cl)ccc1C)C(=O)C1CCCC1. The van der Waals surface area contributed by atoms with Gasteiger partial charge in [0.2, 0.25) is 11.8 Å². The summed E-state index contributed by atoms with van der Waals surface area (Å²) in [5.41, 5.74) is 1.64. The van der Waals surface area contributed by atoms with Crippen LogP contribution in [0.1, 0.15) is 38.2 Å². The Bertz CT molecular complexity index is 554. The Morgan fingerprint density at radius 3 is 2.64 bits per heavy atom. The summed E-state index contributed by atoms with van der Waals surface area (Å²) < 4.78 is 0. The predicted octanol–water partition coefficient (Wildman–Crippen LogP) is 3.63. The van der Waals surface area contributed by atoms with Crippen molar-refractivity contribution >= 4 is 29.1 Å². The maximum Gasteiger partial charge on any atom is 0.244 e. The molecule has 0 unspecified atom stereocenters. The number of hydrogen-bond acceptors (Lipinski definition) is 2. The summed E-state index contributed by atoms with van der Waals surface area (Å²) in [5.74, 6) is 0.0252. The lowest BCUT2D eigenvalue weighted by molar-refractivity contribution is -0.138. The van der Waals surface area contributed by atoms with Gasteiger partial charge in [0.15, 0.2) is 0 Å². The number of carbonyl (C=O) groups is 2. The van der Waals surface area contributed by atoms with Gasteiger partial charge in [-0.2, -0.15) is 0 Å². The molecule has 1 saturated carbocycles. The minimum atomic E-state index is -0.182. The lowest BCUT2D eigenvalue weighted by Gasteiger charge is -2.23. The minimum absolute atomic E-state index is 0.0950. The Balaban J connectivity index is 1.97. The lowest BCUT2D eigenvalue weighted by Crippen LogP contribution is -2.40. The molecule has 0 atom stereocenters. The normalized spacial score (nSPS) is 14.9. The maximum absolute atomic E-state index is 12.4. The van der Waals surface area contributed by atoms with Crippen LogP contribution in [-0.4, -0.2) is 29.8 Å². The first kappa shape index (κ1) is 16.8. The van der Waals surface area contributed by atoms with E-state index in [1.54, 1.807) is 17.0 Å². The minimum Gasteiger partial charge on any atom is -0.333 e. The van der Waals surface area contributed by atoms with Gasteiger partial charge in [-0.3, -0.25) is 9.59 Å². The van der Waals surface area contributed by atoms with Crippen LogP contribution in [0.3, 0.4) is 0 Å². The van der Waals surface area contributed by atoms with Gasteiger partial charge in [0.1, 0.15) is 0 Å². The van der Waals surface area contributed by atoms with Crippen molar-refractivity contribution in [3.05, 3.63) is 28.8 Å². The average Bonchev–Trinajstić information content (AvgIpc) is 3.02. The van der Waals surface area contributed by atoms with Crippen LogP contribution >= 0.6 is 11.6 Å². The number of amides is 2. The number of rotatable bonds is 5. The number of halogens is 1. The van der Waals surface area contributed by atoms with Crippen molar-refractivity contribution in [2.45, 2.75) is 39.5 Å². The summed E-state index contributed by atoms with van der Waals surface area (Å²) in [6.45, 7) is 4.47. The smallest absolute Gasteiger partial charge is 0.244 e. The average molecular weight is 323 g/mol. The molecular formula is C17H23ClN2O2. The van der Waals surface area contributed by atoms with Crippen LogP contribution in [0.25, 0.3) is 0 Å². The zero-order valence-corrected chi connectivity index (χ0v) is 13.9. The molecule has 0 aliphatic heterocycles. The lowest BCUT2D eigenvalue weighted by atomic mass is 10.1. The third-order valence-electron chi connectivity index (χ3n) is 4.21. The summed E-state index contributed by atoms with van der Waals surface area (Å²) >= 11 is 5.95. The molecule has 1 aromatic carbocycles. The van der Waals surface area contributed by atoms with Crippen molar-refractivity contribution in [3.63, 3.8) is 0 Å². The fourth-order valence-electron chi connectivity index (χ4n) is 2.87. The highest BCUT2D eigenvalue weighted by Gasteiger charge is 2.27. The monoisotopic (exact) mass is 322 g/mol. The van der Waals surface area contributed by atoms with Crippen LogP contribution in [0.2, 0.25) is 5.02 Å². The molecule has 4 nitrogen and oxygen atoms in total. The fourth-order valence-corrected chi connectivity index (χ4v) is 3.04. The number of nitrogens with one attached hydrogen (secondary N) is 1. The zero-order valence-electron chi connectivity index (χ0n) is 13.2. The molecule has 1 N–H and O–H groups in total. The van der Waals surface area contributed by atoms with E-state index in [9.17, 15) is 9.59 Å². The van der Waals surface area contributed by atoms with Gasteiger partial charge in [0, 0.05) is 23.2 Å². The van der Waals surface area contributed by atoms with Crippen LogP contribution in [0, 0.1) is 12.8 Å². The molecular weight excluding hydrogens is 300 g/mol. The fraction of sp³-hybridized carbons (Fsp3) is 0.529. The molecule has 0 heterocycles. The highest BCUT2D eigenvalue weighted by Crippen LogP contribution is 2.26. The van der Waals surface area contributed by atoms with Gasteiger partial charge in [-0.1, -0.05) is 30.5 Å². The highest BCUT2D eigenvalue weighted by molar-refractivity contribution is 6.31. The molecule has 0 spiro atoms. The second kappa shape index (κ2) is 7.63. The standard InChI is InChI=1S/C17H23ClN2O2/c1-3-20(17(22)13-6-4-5-7-13)11-16(21)19-15-10-14(18)9-8-12(15)2/h8-10,13H,3-7,11H2,1-2H3,(H,19,21). The second-order valence-corrected chi connectivity index (χ2v) is 6.28. The quantitative estimate of drug-likeness (QED) is 0.900. The number of benzene rings is 1. The Kier molecular flexibility index (Phi) is 5.83. The molecule has 1 aromatic rings. The van der Waals surface area contributed by atoms with E-state index in [0.717, 1.165) is 31.2 Å². The highest BCUT2D eigenvalue weighted by atomic mass is 35.5. The summed E-state index contributed by atoms with van der Waals surface area (Å²) in [4.78, 5) is 26.3. The number of anilines is 1. The van der Waals surface area contributed by atoms with Crippen molar-refractivity contribution in [1.82, 2.24) is 4.90 Å². The van der Waals surface area contributed by atoms with E-state index in [4.69, 9.17) is 11.6 Å². The van der Waals surface area contributed by atoms with Gasteiger partial charge in [0.05, 0.1) is 6.54 Å². The third-order valence-corrected chi connectivity index (χ3v) is 4.44. The van der Waals surface area contributed by atoms with Crippen LogP contribution in [0.15, 0.2) is 18.2 Å². The van der Waals surface area contributed by atoms with Crippen molar-refractivity contribution in [2.75, 3.05) is 18.4 Å². The topological polar surface area (TPSA) is 49.4 Å². The van der Waals surface area contributed by atoms with Gasteiger partial charge >= 0.3 is 0 Å². The first-order chi connectivity index (χ1) is 10.5. The van der Waals surface area contributed by atoms with Crippen LogP contribution in [0.4, 0.5) is 5.69 Å². The summed E-state index contributed by atoms with van der Waals surface area (Å²) in [5, 5.41) is 3.42. The van der Waals surface area contributed by atoms with Crippen molar-refractivity contribution in [1.29, 1.82) is 0 Å². The van der Waals surface area contributed by atoms with Gasteiger partial charge in [-0.05, 0) is 44.4 Å². The Labute approximate surface area is 136 Å². The molecule has 1 aliphatic rings. The summed E-state index contributed by atoms with van der Waals surface area (Å²) in [6.07, 6.45) is 4.12. The van der Waals surface area contributed by atoms with E-state index < -0.39 is 0 Å². The molecule has 0 bridgehead atoms. The Hall–Kier alpha value is -1.55. The third kappa shape index (κ3) is 4.23. The molecule has 2 amide bonds. The van der Waals surface area contributed by atoms with Crippen molar-refractivity contribution < 1.29 is 9.59 Å². The first-order valence-corrected chi connectivity index (χ1v) is 8.24. The molecule has 22 heavy (non-hydrogen) atoms. The number of likely N-dealkylation sites (N-methyl/N-ethyl adjacent to an activating group) is 1. The van der Waals surface area contributed by atoms with Gasteiger partial charge in [0.25, 0.3) is 0 Å². The molecule has 1 aliphatic carbocycles. The number of aryl methyl sites for hydroxylation is 1. The number of hydrogen-bond donors (Lipinski definition) is 1. The molecule has 0 saturated heterocycles. The number of carbonyl (C=O) groups excluding carboxylic acids is 2. The molecule has 5 heteroatoms. The van der Waals surface area contributed by atoms with E-state index >= 15 is 0 Å². The van der Waals surface area contributed by atoms with E-state index in [-0.39, 0.29) is 24.3 Å². The van der Waals surface area contributed by atoms with Gasteiger partial charge < -0.3 is 10.2 Å². The summed E-state index contributed by atoms with van der Waals surface area (Å²) in [7, 11) is 0. The maximum atomic E-state index is 12.4. The second-order valence-electron chi connectivity index (χ2n) is 5.84. The van der Waals surface area contributed by atoms with Crippen LogP contribution < -0.4 is 5.32 Å². The molecule has 0 aromatic heterocycles. The van der Waals surface area contributed by atoms with Crippen LogP contribution in [-0.2, 0) is 9.59 Å². The Morgan fingerprint density at radius 2 is 2.00 bits per heavy atom. The molecule has 0 radical (unpaired) electrons. The summed E-state index contributed by atoms with van der Waals surface area (Å²) in [6, 6.07) is 5.37. The van der Waals surface area contributed by atoms with Crippen LogP contribution in [0.5, 0.6) is 0 Å². The molecule has 2 rings (SSSR count). The van der Waals surface area contributed by atoms with Crippen molar-refractivity contribution in [3.8, 4) is 0 Å². The number of nitrogens with zero attached hydrogens (tertiary/aromatic N) is 1. The van der Waals surface area contributed by atoms with E-state index in [2.05, 4.69) is 5.32 Å². The largest absolute Gasteiger partial charge is 0.333 e. The Morgan fingerprint density at radius 1 is 1.32 bits per heavy atom. The van der Waals surface area contributed by atoms with E-state index in [0.29, 0.717) is 17.3 Å². The van der Waals surface area contributed by atoms with Gasteiger partial charge in [-0.25, -0.2) is 0 Å². The predicted molar refractivity (Wildman–Crippen MR) is 89.0 cm³/mol. The van der Waals surface area contributed by atoms with E-state index in [1.165, 1.54) is 0 Å². The van der Waals surface area contributed by atoms with Gasteiger partial charge in [-0.15, -0.1) is 0 Å². The molecule has 120 valence electrons. The zero-order chi connectivity index (χ0) is 16.1. The first-order valence-electron chi connectivity index (χ1n) is 7.86. The van der Waals surface area contributed by atoms with Crippen molar-refractivity contribution in [2.24, 2.45) is 5.92 Å². The van der Waals surface area contributed by atoms with E-state index in [1.807, 2.05) is 19.9 Å².